The first-order valence-corrected chi connectivity index (χ1v) is 6.21. The summed E-state index contributed by atoms with van der Waals surface area (Å²) in [7, 11) is 0. The van der Waals surface area contributed by atoms with Crippen LogP contribution in [0, 0.1) is 5.92 Å². The summed E-state index contributed by atoms with van der Waals surface area (Å²) < 4.78 is 9.97. The summed E-state index contributed by atoms with van der Waals surface area (Å²) in [5.74, 6) is 1.20. The Kier molecular flexibility index (Phi) is 3.76. The molecule has 1 saturated carbocycles. The number of aromatic nitrogens is 2. The Labute approximate surface area is 101 Å². The largest absolute Gasteiger partial charge is 0.460 e. The Balaban J connectivity index is 2.00. The number of esters is 1. The Morgan fingerprint density at radius 1 is 1.41 bits per heavy atom. The first-order valence-electron chi connectivity index (χ1n) is 6.21. The summed E-state index contributed by atoms with van der Waals surface area (Å²) in [4.78, 5) is 15.5. The van der Waals surface area contributed by atoms with Crippen molar-refractivity contribution in [2.45, 2.75) is 45.4 Å². The molecule has 0 unspecified atom stereocenters. The maximum absolute atomic E-state index is 11.4. The smallest absolute Gasteiger partial charge is 0.379 e. The molecule has 0 aliphatic heterocycles. The van der Waals surface area contributed by atoms with E-state index in [1.54, 1.807) is 6.92 Å². The molecule has 0 saturated heterocycles. The maximum Gasteiger partial charge on any atom is 0.379 e. The van der Waals surface area contributed by atoms with E-state index < -0.39 is 5.97 Å². The minimum Gasteiger partial charge on any atom is -0.460 e. The zero-order valence-electron chi connectivity index (χ0n) is 10.3. The number of hydrogen-bond donors (Lipinski definition) is 0. The number of nitrogens with zero attached hydrogens (tertiary/aromatic N) is 2. The van der Waals surface area contributed by atoms with E-state index in [9.17, 15) is 4.79 Å². The Bertz CT molecular complexity index is 381. The van der Waals surface area contributed by atoms with Crippen molar-refractivity contribution >= 4 is 5.97 Å². The quantitative estimate of drug-likeness (QED) is 0.757. The minimum atomic E-state index is -0.508. The molecule has 5 nitrogen and oxygen atoms in total. The van der Waals surface area contributed by atoms with E-state index in [0.29, 0.717) is 18.4 Å². The third-order valence-electron chi connectivity index (χ3n) is 3.26. The van der Waals surface area contributed by atoms with E-state index in [1.165, 1.54) is 12.8 Å². The second kappa shape index (κ2) is 5.29. The maximum atomic E-state index is 11.4. The van der Waals surface area contributed by atoms with E-state index >= 15 is 0 Å². The highest BCUT2D eigenvalue weighted by Crippen LogP contribution is 2.34. The third-order valence-corrected chi connectivity index (χ3v) is 3.26. The van der Waals surface area contributed by atoms with Crippen LogP contribution in [-0.4, -0.2) is 22.7 Å². The van der Waals surface area contributed by atoms with Gasteiger partial charge >= 0.3 is 5.97 Å². The molecule has 0 radical (unpaired) electrons. The van der Waals surface area contributed by atoms with Crippen LogP contribution in [0.3, 0.4) is 0 Å². The van der Waals surface area contributed by atoms with Gasteiger partial charge in [0.1, 0.15) is 0 Å². The van der Waals surface area contributed by atoms with Crippen LogP contribution >= 0.6 is 0 Å². The van der Waals surface area contributed by atoms with Gasteiger partial charge in [-0.2, -0.15) is 4.98 Å². The van der Waals surface area contributed by atoms with Crippen molar-refractivity contribution in [3.63, 3.8) is 0 Å². The van der Waals surface area contributed by atoms with Crippen molar-refractivity contribution < 1.29 is 14.1 Å². The molecule has 2 rings (SSSR count). The van der Waals surface area contributed by atoms with Gasteiger partial charge in [0.15, 0.2) is 0 Å². The Morgan fingerprint density at radius 2 is 2.12 bits per heavy atom. The molecule has 0 aromatic carbocycles. The average molecular weight is 238 g/mol. The predicted molar refractivity (Wildman–Crippen MR) is 60.6 cm³/mol. The van der Waals surface area contributed by atoms with Crippen LogP contribution < -0.4 is 0 Å². The topological polar surface area (TPSA) is 65.2 Å². The molecule has 17 heavy (non-hydrogen) atoms. The zero-order chi connectivity index (χ0) is 12.3. The zero-order valence-corrected chi connectivity index (χ0v) is 10.3. The summed E-state index contributed by atoms with van der Waals surface area (Å²) >= 11 is 0. The van der Waals surface area contributed by atoms with E-state index in [2.05, 4.69) is 17.1 Å². The van der Waals surface area contributed by atoms with Gasteiger partial charge in [-0.1, -0.05) is 6.92 Å². The lowest BCUT2D eigenvalue weighted by Gasteiger charge is -2.22. The van der Waals surface area contributed by atoms with Gasteiger partial charge in [-0.3, -0.25) is 0 Å². The lowest BCUT2D eigenvalue weighted by atomic mass is 9.83. The van der Waals surface area contributed by atoms with Crippen molar-refractivity contribution in [3.8, 4) is 0 Å². The molecule has 1 aromatic heterocycles. The molecule has 1 fully saturated rings. The SMILES string of the molecule is CCOC(=O)c1noc(C2CCC(C)CC2)n1. The van der Waals surface area contributed by atoms with Gasteiger partial charge < -0.3 is 9.26 Å². The lowest BCUT2D eigenvalue weighted by Crippen LogP contribution is -2.12. The predicted octanol–water partition coefficient (Wildman–Crippen LogP) is 2.54. The van der Waals surface area contributed by atoms with Crippen LogP contribution in [0.15, 0.2) is 4.52 Å². The molecular weight excluding hydrogens is 220 g/mol. The number of carbonyl (C=O) groups excluding carboxylic acids is 1. The summed E-state index contributed by atoms with van der Waals surface area (Å²) in [6.45, 7) is 4.33. The van der Waals surface area contributed by atoms with Gasteiger partial charge in [-0.25, -0.2) is 4.79 Å². The van der Waals surface area contributed by atoms with Crippen LogP contribution in [0.5, 0.6) is 0 Å². The van der Waals surface area contributed by atoms with Crippen molar-refractivity contribution in [1.82, 2.24) is 10.1 Å². The first-order chi connectivity index (χ1) is 8.20. The van der Waals surface area contributed by atoms with Crippen molar-refractivity contribution in [2.75, 3.05) is 6.61 Å². The summed E-state index contributed by atoms with van der Waals surface area (Å²) in [5, 5.41) is 3.67. The molecule has 5 heteroatoms. The molecule has 1 aliphatic rings. The van der Waals surface area contributed by atoms with Gasteiger partial charge in [0.2, 0.25) is 5.89 Å². The van der Waals surface area contributed by atoms with Crippen LogP contribution in [-0.2, 0) is 4.74 Å². The normalized spacial score (nSPS) is 24.6. The van der Waals surface area contributed by atoms with E-state index in [0.717, 1.165) is 18.8 Å². The number of hydrogen-bond acceptors (Lipinski definition) is 5. The highest BCUT2D eigenvalue weighted by Gasteiger charge is 2.26. The molecule has 1 aromatic rings. The minimum absolute atomic E-state index is 0.0421. The van der Waals surface area contributed by atoms with E-state index in [-0.39, 0.29) is 5.82 Å². The fraction of sp³-hybridized carbons (Fsp3) is 0.750. The van der Waals surface area contributed by atoms with Crippen molar-refractivity contribution in [3.05, 3.63) is 11.7 Å². The molecule has 94 valence electrons. The number of rotatable bonds is 3. The molecule has 0 bridgehead atoms. The van der Waals surface area contributed by atoms with E-state index in [4.69, 9.17) is 9.26 Å². The molecule has 0 atom stereocenters. The fourth-order valence-corrected chi connectivity index (χ4v) is 2.19. The summed E-state index contributed by atoms with van der Waals surface area (Å²) in [5.41, 5.74) is 0. The average Bonchev–Trinajstić information content (AvgIpc) is 2.80. The highest BCUT2D eigenvalue weighted by molar-refractivity contribution is 5.84. The third kappa shape index (κ3) is 2.84. The van der Waals surface area contributed by atoms with Gasteiger partial charge in [-0.15, -0.1) is 0 Å². The van der Waals surface area contributed by atoms with Gasteiger partial charge in [-0.05, 0) is 43.7 Å². The Morgan fingerprint density at radius 3 is 2.76 bits per heavy atom. The van der Waals surface area contributed by atoms with Crippen molar-refractivity contribution in [1.29, 1.82) is 0 Å². The molecule has 0 spiro atoms. The van der Waals surface area contributed by atoms with Crippen LogP contribution in [0.4, 0.5) is 0 Å². The fourth-order valence-electron chi connectivity index (χ4n) is 2.19. The second-order valence-electron chi connectivity index (χ2n) is 4.63. The number of ether oxygens (including phenoxy) is 1. The number of carbonyl (C=O) groups is 1. The standard InChI is InChI=1S/C12H18N2O3/c1-3-16-12(15)10-13-11(17-14-10)9-6-4-8(2)5-7-9/h8-9H,3-7H2,1-2H3. The van der Waals surface area contributed by atoms with Crippen molar-refractivity contribution in [2.24, 2.45) is 5.92 Å². The molecule has 1 heterocycles. The monoisotopic (exact) mass is 238 g/mol. The van der Waals surface area contributed by atoms with Gasteiger partial charge in [0.05, 0.1) is 6.61 Å². The lowest BCUT2D eigenvalue weighted by molar-refractivity contribution is 0.0508. The highest BCUT2D eigenvalue weighted by atomic mass is 16.5. The van der Waals surface area contributed by atoms with Gasteiger partial charge in [0, 0.05) is 5.92 Å². The summed E-state index contributed by atoms with van der Waals surface area (Å²) in [6.07, 6.45) is 4.49. The second-order valence-corrected chi connectivity index (χ2v) is 4.63. The van der Waals surface area contributed by atoms with E-state index in [1.807, 2.05) is 0 Å². The molecular formula is C12H18N2O3. The molecule has 1 aliphatic carbocycles. The van der Waals surface area contributed by atoms with Gasteiger partial charge in [0.25, 0.3) is 5.82 Å². The van der Waals surface area contributed by atoms with Crippen LogP contribution in [0.2, 0.25) is 0 Å². The first kappa shape index (κ1) is 12.1. The Hall–Kier alpha value is -1.39. The molecule has 0 amide bonds. The summed E-state index contributed by atoms with van der Waals surface area (Å²) in [6, 6.07) is 0. The van der Waals surface area contributed by atoms with Crippen LogP contribution in [0.25, 0.3) is 0 Å². The van der Waals surface area contributed by atoms with Crippen LogP contribution in [0.1, 0.15) is 62.0 Å². The molecule has 0 N–H and O–H groups in total.